The number of ketones is 1. The molecule has 0 aromatic heterocycles. The maximum atomic E-state index is 12.9. The Morgan fingerprint density at radius 2 is 1.52 bits per heavy atom. The van der Waals surface area contributed by atoms with Crippen LogP contribution in [0.3, 0.4) is 0 Å². The minimum absolute atomic E-state index is 0. The summed E-state index contributed by atoms with van der Waals surface area (Å²) in [5, 5.41) is 0. The molecule has 1 fully saturated rings. The van der Waals surface area contributed by atoms with E-state index in [9.17, 15) is 4.79 Å². The van der Waals surface area contributed by atoms with Gasteiger partial charge in [-0.15, -0.1) is 12.4 Å². The van der Waals surface area contributed by atoms with Crippen LogP contribution in [0.4, 0.5) is 0 Å². The molecule has 2 aromatic carbocycles. The van der Waals surface area contributed by atoms with Crippen LogP contribution < -0.4 is 9.47 Å². The van der Waals surface area contributed by atoms with Crippen LogP contribution in [-0.2, 0) is 12.8 Å². The van der Waals surface area contributed by atoms with Crippen LogP contribution in [0.15, 0.2) is 42.5 Å². The van der Waals surface area contributed by atoms with Crippen LogP contribution in [0.25, 0.3) is 0 Å². The van der Waals surface area contributed by atoms with Gasteiger partial charge < -0.3 is 9.47 Å². The standard InChI is InChI=1S/C25H30O3.ClH/c1-27-23-15-20-14-21(25(26)22(20)16-24(23)28-2)13-19-10-8-18(9-11-19)12-17-6-4-3-5-7-17;/h3-7,15-16,18-19,21H,8-14H2,1-2H3;1H. The van der Waals surface area contributed by atoms with Crippen LogP contribution >= 0.6 is 12.4 Å². The van der Waals surface area contributed by atoms with Crippen molar-refractivity contribution in [2.45, 2.75) is 44.9 Å². The summed E-state index contributed by atoms with van der Waals surface area (Å²) in [5.74, 6) is 3.26. The van der Waals surface area contributed by atoms with Gasteiger partial charge in [-0.1, -0.05) is 43.2 Å². The van der Waals surface area contributed by atoms with Crippen molar-refractivity contribution in [1.29, 1.82) is 0 Å². The second-order valence-corrected chi connectivity index (χ2v) is 8.44. The van der Waals surface area contributed by atoms with E-state index in [1.54, 1.807) is 14.2 Å². The molecule has 2 aliphatic carbocycles. The number of rotatable bonds is 6. The molecule has 156 valence electrons. The maximum absolute atomic E-state index is 12.9. The zero-order valence-corrected chi connectivity index (χ0v) is 18.2. The molecule has 1 saturated carbocycles. The second-order valence-electron chi connectivity index (χ2n) is 8.44. The van der Waals surface area contributed by atoms with Gasteiger partial charge in [0.1, 0.15) is 0 Å². The van der Waals surface area contributed by atoms with Gasteiger partial charge in [-0.25, -0.2) is 0 Å². The average molecular weight is 415 g/mol. The smallest absolute Gasteiger partial charge is 0.166 e. The number of carbonyl (C=O) groups excluding carboxylic acids is 1. The molecule has 3 nitrogen and oxygen atoms in total. The number of carbonyl (C=O) groups is 1. The van der Waals surface area contributed by atoms with Crippen LogP contribution in [-0.4, -0.2) is 20.0 Å². The summed E-state index contributed by atoms with van der Waals surface area (Å²) >= 11 is 0. The zero-order valence-electron chi connectivity index (χ0n) is 17.4. The number of fused-ring (bicyclic) bond motifs is 1. The molecule has 4 rings (SSSR count). The van der Waals surface area contributed by atoms with Crippen molar-refractivity contribution >= 4 is 18.2 Å². The molecular weight excluding hydrogens is 384 g/mol. The van der Waals surface area contributed by atoms with Gasteiger partial charge in [0.25, 0.3) is 0 Å². The largest absolute Gasteiger partial charge is 0.493 e. The van der Waals surface area contributed by atoms with E-state index in [1.165, 1.54) is 37.7 Å². The van der Waals surface area contributed by atoms with Gasteiger partial charge in [0.05, 0.1) is 14.2 Å². The minimum atomic E-state index is 0. The molecule has 1 unspecified atom stereocenters. The molecule has 0 heterocycles. The highest BCUT2D eigenvalue weighted by Gasteiger charge is 2.34. The monoisotopic (exact) mass is 414 g/mol. The number of hydrogen-bond acceptors (Lipinski definition) is 3. The Kier molecular flexibility index (Phi) is 7.23. The van der Waals surface area contributed by atoms with E-state index in [-0.39, 0.29) is 18.3 Å². The van der Waals surface area contributed by atoms with Crippen LogP contribution in [0, 0.1) is 17.8 Å². The molecular formula is C25H31ClO3. The summed E-state index contributed by atoms with van der Waals surface area (Å²) in [4.78, 5) is 12.9. The third kappa shape index (κ3) is 4.78. The first kappa shape index (κ1) is 21.7. The van der Waals surface area contributed by atoms with Crippen molar-refractivity contribution in [2.75, 3.05) is 14.2 Å². The molecule has 0 saturated heterocycles. The van der Waals surface area contributed by atoms with Crippen LogP contribution in [0.5, 0.6) is 11.5 Å². The second kappa shape index (κ2) is 9.67. The van der Waals surface area contributed by atoms with Gasteiger partial charge in [-0.05, 0) is 67.2 Å². The first-order valence-electron chi connectivity index (χ1n) is 10.5. The van der Waals surface area contributed by atoms with Gasteiger partial charge >= 0.3 is 0 Å². The Bertz CT molecular complexity index is 825. The summed E-state index contributed by atoms with van der Waals surface area (Å²) in [6, 6.07) is 14.7. The third-order valence-corrected chi connectivity index (χ3v) is 6.66. The summed E-state index contributed by atoms with van der Waals surface area (Å²) in [6.45, 7) is 0. The highest BCUT2D eigenvalue weighted by atomic mass is 35.5. The highest BCUT2D eigenvalue weighted by molar-refractivity contribution is 6.02. The van der Waals surface area contributed by atoms with Crippen molar-refractivity contribution < 1.29 is 14.3 Å². The van der Waals surface area contributed by atoms with E-state index in [2.05, 4.69) is 30.3 Å². The lowest BCUT2D eigenvalue weighted by molar-refractivity contribution is 0.0907. The van der Waals surface area contributed by atoms with E-state index >= 15 is 0 Å². The number of methoxy groups -OCH3 is 2. The molecule has 0 N–H and O–H groups in total. The molecule has 0 radical (unpaired) electrons. The Morgan fingerprint density at radius 1 is 0.897 bits per heavy atom. The Morgan fingerprint density at radius 3 is 2.17 bits per heavy atom. The highest BCUT2D eigenvalue weighted by Crippen LogP contribution is 2.41. The number of ether oxygens (including phenoxy) is 2. The lowest BCUT2D eigenvalue weighted by Crippen LogP contribution is -2.21. The van der Waals surface area contributed by atoms with Gasteiger partial charge in [0.2, 0.25) is 0 Å². The van der Waals surface area contributed by atoms with Crippen molar-refractivity contribution in [1.82, 2.24) is 0 Å². The molecule has 0 amide bonds. The lowest BCUT2D eigenvalue weighted by atomic mass is 9.75. The summed E-state index contributed by atoms with van der Waals surface area (Å²) in [7, 11) is 3.27. The van der Waals surface area contributed by atoms with E-state index < -0.39 is 0 Å². The third-order valence-electron chi connectivity index (χ3n) is 6.66. The molecule has 1 atom stereocenters. The Labute approximate surface area is 180 Å². The molecule has 29 heavy (non-hydrogen) atoms. The fourth-order valence-electron chi connectivity index (χ4n) is 5.11. The Hall–Kier alpha value is -2.00. The Balaban J connectivity index is 0.00000240. The molecule has 4 heteroatoms. The van der Waals surface area contributed by atoms with Crippen molar-refractivity contribution in [3.8, 4) is 11.5 Å². The summed E-state index contributed by atoms with van der Waals surface area (Å²) < 4.78 is 10.8. The van der Waals surface area contributed by atoms with Crippen LogP contribution in [0.2, 0.25) is 0 Å². The van der Waals surface area contributed by atoms with Gasteiger partial charge in [0, 0.05) is 11.5 Å². The van der Waals surface area contributed by atoms with E-state index in [0.29, 0.717) is 17.5 Å². The lowest BCUT2D eigenvalue weighted by Gasteiger charge is -2.30. The number of halogens is 1. The van der Waals surface area contributed by atoms with Crippen molar-refractivity contribution in [3.05, 3.63) is 59.2 Å². The van der Waals surface area contributed by atoms with Gasteiger partial charge in [-0.3, -0.25) is 4.79 Å². The van der Waals surface area contributed by atoms with Crippen LogP contribution in [0.1, 0.15) is 53.6 Å². The molecule has 2 aliphatic rings. The number of benzene rings is 2. The minimum Gasteiger partial charge on any atom is -0.493 e. The van der Waals surface area contributed by atoms with E-state index in [1.807, 2.05) is 12.1 Å². The predicted molar refractivity (Wildman–Crippen MR) is 119 cm³/mol. The van der Waals surface area contributed by atoms with Crippen molar-refractivity contribution in [2.24, 2.45) is 17.8 Å². The molecule has 0 spiro atoms. The van der Waals surface area contributed by atoms with Crippen molar-refractivity contribution in [3.63, 3.8) is 0 Å². The average Bonchev–Trinajstić information content (AvgIpc) is 3.03. The van der Waals surface area contributed by atoms with E-state index in [4.69, 9.17) is 9.47 Å². The zero-order chi connectivity index (χ0) is 19.5. The molecule has 2 aromatic rings. The maximum Gasteiger partial charge on any atom is 0.166 e. The number of Topliss-reactive ketones (excluding diaryl/α,β-unsaturated/α-hetero) is 1. The number of hydrogen-bond donors (Lipinski definition) is 0. The van der Waals surface area contributed by atoms with E-state index in [0.717, 1.165) is 35.6 Å². The summed E-state index contributed by atoms with van der Waals surface area (Å²) in [6.07, 6.45) is 8.15. The first-order chi connectivity index (χ1) is 13.7. The molecule has 0 bridgehead atoms. The SMILES string of the molecule is COc1cc2c(cc1OC)C(=O)C(CC1CCC(Cc3ccccc3)CC1)C2.Cl. The predicted octanol–water partition coefficient (Wildman–Crippen LogP) is 5.92. The quantitative estimate of drug-likeness (QED) is 0.588. The van der Waals surface area contributed by atoms with Gasteiger partial charge in [0.15, 0.2) is 17.3 Å². The topological polar surface area (TPSA) is 35.5 Å². The van der Waals surface area contributed by atoms with Gasteiger partial charge in [-0.2, -0.15) is 0 Å². The summed E-state index contributed by atoms with van der Waals surface area (Å²) in [5.41, 5.74) is 3.40. The normalized spacial score (nSPS) is 23.2. The molecule has 0 aliphatic heterocycles. The first-order valence-corrected chi connectivity index (χ1v) is 10.5. The fraction of sp³-hybridized carbons (Fsp3) is 0.480. The fourth-order valence-corrected chi connectivity index (χ4v) is 5.11.